The first-order valence-corrected chi connectivity index (χ1v) is 17.6. The second-order valence-electron chi connectivity index (χ2n) is 13.6. The minimum absolute atomic E-state index is 0.00724. The van der Waals surface area contributed by atoms with Crippen LogP contribution < -0.4 is 32.3 Å². The summed E-state index contributed by atoms with van der Waals surface area (Å²) in [5, 5.41) is 51.9. The standard InChI is InChI=1S/C37H49N7O11/c1-19(2)13-25(32(49)43-28(37(54)55)15-22-17-39-24-12-8-7-11-23(22)24)40-34(51)27(16-30(47)48)41-35(52)29(18-45)44-33(50)26(14-21-9-5-4-6-10-21)42-36(53)31(38)20(3)46/h4-12,17,19-20,25-29,31,39,45-46H,13-16,18,38H2,1-3H3,(H,40,51)(H,41,52)(H,42,53)(H,43,49)(H,44,50)(H,47,48)(H,54,55)/t20-,25+,26+,27+,28+,29+,31+/m1/s1. The fraction of sp³-hybridized carbons (Fsp3) is 0.432. The van der Waals surface area contributed by atoms with E-state index in [-0.39, 0.29) is 25.2 Å². The van der Waals surface area contributed by atoms with E-state index in [2.05, 4.69) is 31.6 Å². The lowest BCUT2D eigenvalue weighted by Gasteiger charge is -2.27. The molecule has 0 aliphatic rings. The minimum atomic E-state index is -1.82. The molecule has 1 heterocycles. The van der Waals surface area contributed by atoms with Crippen molar-refractivity contribution in [1.29, 1.82) is 0 Å². The number of para-hydroxylation sites is 1. The number of rotatable bonds is 21. The third-order valence-corrected chi connectivity index (χ3v) is 8.62. The van der Waals surface area contributed by atoms with E-state index in [0.717, 1.165) is 10.9 Å². The Morgan fingerprint density at radius 2 is 1.20 bits per heavy atom. The van der Waals surface area contributed by atoms with Crippen LogP contribution in [0.2, 0.25) is 0 Å². The van der Waals surface area contributed by atoms with Gasteiger partial charge in [-0.3, -0.25) is 28.8 Å². The van der Waals surface area contributed by atoms with Gasteiger partial charge in [0.1, 0.15) is 36.3 Å². The number of carbonyl (C=O) groups excluding carboxylic acids is 5. The maximum Gasteiger partial charge on any atom is 0.326 e. The number of aliphatic hydroxyl groups excluding tert-OH is 2. The van der Waals surface area contributed by atoms with E-state index in [4.69, 9.17) is 5.73 Å². The number of benzene rings is 2. The molecule has 18 heteroatoms. The highest BCUT2D eigenvalue weighted by Gasteiger charge is 2.34. The van der Waals surface area contributed by atoms with Gasteiger partial charge in [0.25, 0.3) is 0 Å². The molecule has 12 N–H and O–H groups in total. The van der Waals surface area contributed by atoms with Crippen molar-refractivity contribution in [3.63, 3.8) is 0 Å². The Labute approximate surface area is 316 Å². The second-order valence-corrected chi connectivity index (χ2v) is 13.6. The number of carbonyl (C=O) groups is 7. The smallest absolute Gasteiger partial charge is 0.326 e. The number of nitrogens with two attached hydrogens (primary N) is 1. The van der Waals surface area contributed by atoms with E-state index in [1.807, 2.05) is 6.07 Å². The molecule has 0 unspecified atom stereocenters. The molecule has 0 radical (unpaired) electrons. The number of amides is 5. The predicted octanol–water partition coefficient (Wildman–Crippen LogP) is -1.32. The molecule has 0 spiro atoms. The quantitative estimate of drug-likeness (QED) is 0.0602. The van der Waals surface area contributed by atoms with Gasteiger partial charge >= 0.3 is 11.9 Å². The summed E-state index contributed by atoms with van der Waals surface area (Å²) in [4.78, 5) is 93.4. The van der Waals surface area contributed by atoms with Crippen molar-refractivity contribution in [2.45, 2.75) is 88.8 Å². The van der Waals surface area contributed by atoms with Crippen molar-refractivity contribution in [2.75, 3.05) is 6.61 Å². The Hall–Kier alpha value is -5.85. The Kier molecular flexibility index (Phi) is 16.3. The molecule has 55 heavy (non-hydrogen) atoms. The van der Waals surface area contributed by atoms with Gasteiger partial charge in [-0.1, -0.05) is 62.4 Å². The van der Waals surface area contributed by atoms with E-state index in [1.165, 1.54) is 6.92 Å². The molecule has 7 atom stereocenters. The number of aromatic nitrogens is 1. The summed E-state index contributed by atoms with van der Waals surface area (Å²) in [7, 11) is 0. The first-order chi connectivity index (χ1) is 26.0. The van der Waals surface area contributed by atoms with E-state index >= 15 is 0 Å². The third-order valence-electron chi connectivity index (χ3n) is 8.62. The monoisotopic (exact) mass is 767 g/mol. The molecule has 0 aliphatic heterocycles. The number of carboxylic acid groups (broad SMARTS) is 2. The fourth-order valence-corrected chi connectivity index (χ4v) is 5.64. The molecular weight excluding hydrogens is 718 g/mol. The number of nitrogens with one attached hydrogen (secondary N) is 6. The summed E-state index contributed by atoms with van der Waals surface area (Å²) in [6, 6.07) is 6.59. The summed E-state index contributed by atoms with van der Waals surface area (Å²) in [6.45, 7) is 3.75. The van der Waals surface area contributed by atoms with Crippen LogP contribution in [0.3, 0.4) is 0 Å². The maximum absolute atomic E-state index is 13.5. The largest absolute Gasteiger partial charge is 0.481 e. The zero-order chi connectivity index (χ0) is 40.8. The molecule has 5 amide bonds. The number of aliphatic hydroxyl groups is 2. The molecule has 18 nitrogen and oxygen atoms in total. The lowest BCUT2D eigenvalue weighted by atomic mass is 10.0. The molecule has 2 aromatic carbocycles. The Morgan fingerprint density at radius 1 is 0.673 bits per heavy atom. The van der Waals surface area contributed by atoms with Crippen LogP contribution in [0.4, 0.5) is 0 Å². The molecule has 3 rings (SSSR count). The van der Waals surface area contributed by atoms with Crippen LogP contribution in [0, 0.1) is 5.92 Å². The van der Waals surface area contributed by atoms with Crippen LogP contribution in [0.5, 0.6) is 0 Å². The van der Waals surface area contributed by atoms with Gasteiger partial charge in [0.05, 0.1) is 19.1 Å². The average molecular weight is 768 g/mol. The SMILES string of the molecule is CC(C)C[C@H](NC(=O)[C@H](CC(=O)O)NC(=O)[C@H](CO)NC(=O)[C@H](Cc1ccccc1)NC(=O)[C@@H](N)[C@@H](C)O)C(=O)N[C@@H](Cc1c[nH]c2ccccc12)C(=O)O. The number of H-pyrrole nitrogens is 1. The highest BCUT2D eigenvalue weighted by molar-refractivity contribution is 5.97. The first-order valence-electron chi connectivity index (χ1n) is 17.6. The van der Waals surface area contributed by atoms with E-state index in [9.17, 15) is 54.0 Å². The number of hydrogen-bond donors (Lipinski definition) is 11. The molecule has 0 fully saturated rings. The molecule has 0 aliphatic carbocycles. The zero-order valence-electron chi connectivity index (χ0n) is 30.7. The summed E-state index contributed by atoms with van der Waals surface area (Å²) >= 11 is 0. The van der Waals surface area contributed by atoms with Crippen LogP contribution in [-0.2, 0) is 46.4 Å². The molecule has 0 saturated heterocycles. The van der Waals surface area contributed by atoms with Crippen molar-refractivity contribution in [3.8, 4) is 0 Å². The molecule has 0 saturated carbocycles. The molecule has 0 bridgehead atoms. The summed E-state index contributed by atoms with van der Waals surface area (Å²) in [5.41, 5.74) is 7.72. The van der Waals surface area contributed by atoms with Crippen molar-refractivity contribution in [3.05, 3.63) is 71.9 Å². The summed E-state index contributed by atoms with van der Waals surface area (Å²) < 4.78 is 0. The normalized spacial score (nSPS) is 15.0. The minimum Gasteiger partial charge on any atom is -0.481 e. The van der Waals surface area contributed by atoms with Crippen LogP contribution in [-0.4, -0.2) is 116 Å². The van der Waals surface area contributed by atoms with Gasteiger partial charge in [0.15, 0.2) is 0 Å². The fourth-order valence-electron chi connectivity index (χ4n) is 5.64. The van der Waals surface area contributed by atoms with Crippen LogP contribution >= 0.6 is 0 Å². The lowest BCUT2D eigenvalue weighted by Crippen LogP contribution is -2.61. The van der Waals surface area contributed by atoms with Crippen LogP contribution in [0.15, 0.2) is 60.8 Å². The lowest BCUT2D eigenvalue weighted by molar-refractivity contribution is -0.143. The van der Waals surface area contributed by atoms with Gasteiger partial charge in [0, 0.05) is 29.9 Å². The number of aliphatic carboxylic acids is 2. The first kappa shape index (κ1) is 43.6. The molecule has 3 aromatic rings. The van der Waals surface area contributed by atoms with Crippen LogP contribution in [0.25, 0.3) is 10.9 Å². The summed E-state index contributed by atoms with van der Waals surface area (Å²) in [6.07, 6.45) is -0.770. The van der Waals surface area contributed by atoms with Crippen LogP contribution in [0.1, 0.15) is 44.7 Å². The van der Waals surface area contributed by atoms with Crippen molar-refractivity contribution >= 4 is 52.4 Å². The average Bonchev–Trinajstić information content (AvgIpc) is 3.54. The zero-order valence-corrected chi connectivity index (χ0v) is 30.7. The number of aromatic amines is 1. The number of carboxylic acids is 2. The van der Waals surface area contributed by atoms with Crippen molar-refractivity contribution < 1.29 is 54.0 Å². The number of fused-ring (bicyclic) bond motifs is 1. The Morgan fingerprint density at radius 3 is 1.80 bits per heavy atom. The van der Waals surface area contributed by atoms with Gasteiger partial charge in [0.2, 0.25) is 29.5 Å². The van der Waals surface area contributed by atoms with E-state index in [0.29, 0.717) is 11.1 Å². The highest BCUT2D eigenvalue weighted by atomic mass is 16.4. The Balaban J connectivity index is 1.76. The predicted molar refractivity (Wildman–Crippen MR) is 198 cm³/mol. The molecular formula is C37H49N7O11. The van der Waals surface area contributed by atoms with Gasteiger partial charge in [-0.15, -0.1) is 0 Å². The topological polar surface area (TPSA) is 302 Å². The third kappa shape index (κ3) is 13.2. The molecule has 1 aromatic heterocycles. The Bertz CT molecular complexity index is 1810. The maximum atomic E-state index is 13.5. The van der Waals surface area contributed by atoms with Crippen molar-refractivity contribution in [2.24, 2.45) is 11.7 Å². The van der Waals surface area contributed by atoms with Gasteiger partial charge in [-0.05, 0) is 36.5 Å². The van der Waals surface area contributed by atoms with Crippen molar-refractivity contribution in [1.82, 2.24) is 31.6 Å². The van der Waals surface area contributed by atoms with E-state index < -0.39 is 96.9 Å². The second kappa shape index (κ2) is 20.6. The molecule has 298 valence electrons. The highest BCUT2D eigenvalue weighted by Crippen LogP contribution is 2.19. The summed E-state index contributed by atoms with van der Waals surface area (Å²) in [5.74, 6) is -8.02. The van der Waals surface area contributed by atoms with Gasteiger partial charge in [-0.2, -0.15) is 0 Å². The van der Waals surface area contributed by atoms with E-state index in [1.54, 1.807) is 68.6 Å². The van der Waals surface area contributed by atoms with Gasteiger partial charge in [-0.25, -0.2) is 4.79 Å². The number of hydrogen-bond acceptors (Lipinski definition) is 10. The van der Waals surface area contributed by atoms with Gasteiger partial charge < -0.3 is 57.7 Å².